The Labute approximate surface area is 223 Å². The molecule has 0 radical (unpaired) electrons. The van der Waals surface area contributed by atoms with E-state index < -0.39 is 12.1 Å². The summed E-state index contributed by atoms with van der Waals surface area (Å²) in [7, 11) is 0. The van der Waals surface area contributed by atoms with E-state index in [0.717, 1.165) is 61.1 Å². The van der Waals surface area contributed by atoms with E-state index in [1.165, 1.54) is 22.3 Å². The third-order valence-electron chi connectivity index (χ3n) is 6.73. The van der Waals surface area contributed by atoms with Crippen LogP contribution in [0.5, 0.6) is 0 Å². The number of anilines is 1. The summed E-state index contributed by atoms with van der Waals surface area (Å²) in [4.78, 5) is 11.4. The maximum Gasteiger partial charge on any atom is 0.490 e. The van der Waals surface area contributed by atoms with Gasteiger partial charge in [-0.15, -0.1) is 5.10 Å². The van der Waals surface area contributed by atoms with Crippen LogP contribution in [0.25, 0.3) is 16.8 Å². The number of hydrogen-bond donors (Lipinski definition) is 2. The fourth-order valence-electron chi connectivity index (χ4n) is 4.75. The van der Waals surface area contributed by atoms with Crippen LogP contribution in [0.2, 0.25) is 5.02 Å². The number of carboxylic acid groups (broad SMARTS) is 1. The number of fused-ring (bicyclic) bond motifs is 3. The first-order valence-corrected chi connectivity index (χ1v) is 12.7. The van der Waals surface area contributed by atoms with Gasteiger partial charge in [0.1, 0.15) is 0 Å². The number of carboxylic acids is 1. The molecule has 2 N–H and O–H groups in total. The fourth-order valence-corrected chi connectivity index (χ4v) is 4.94. The summed E-state index contributed by atoms with van der Waals surface area (Å²) >= 11 is 6.25. The van der Waals surface area contributed by atoms with Gasteiger partial charge in [-0.1, -0.05) is 48.0 Å². The van der Waals surface area contributed by atoms with Gasteiger partial charge in [-0.05, 0) is 67.3 Å². The lowest BCUT2D eigenvalue weighted by molar-refractivity contribution is -0.192. The van der Waals surface area contributed by atoms with Crippen LogP contribution < -0.4 is 5.32 Å². The van der Waals surface area contributed by atoms with Gasteiger partial charge in [0.05, 0.1) is 17.4 Å². The van der Waals surface area contributed by atoms with E-state index >= 15 is 0 Å². The second-order valence-corrected chi connectivity index (χ2v) is 9.66. The molecule has 0 aliphatic carbocycles. The van der Waals surface area contributed by atoms with E-state index in [1.54, 1.807) is 0 Å². The molecule has 1 aromatic heterocycles. The Morgan fingerprint density at radius 2 is 1.97 bits per heavy atom. The minimum atomic E-state index is -5.08. The van der Waals surface area contributed by atoms with Gasteiger partial charge in [-0.25, -0.2) is 9.48 Å². The molecule has 2 aromatic carbocycles. The second-order valence-electron chi connectivity index (χ2n) is 9.22. The molecule has 0 saturated carbocycles. The monoisotopic (exact) mass is 547 g/mol. The van der Waals surface area contributed by atoms with Crippen LogP contribution in [0.4, 0.5) is 18.9 Å². The molecule has 38 heavy (non-hydrogen) atoms. The normalized spacial score (nSPS) is 17.3. The van der Waals surface area contributed by atoms with E-state index in [0.29, 0.717) is 0 Å². The van der Waals surface area contributed by atoms with Crippen molar-refractivity contribution in [3.8, 4) is 11.3 Å². The van der Waals surface area contributed by atoms with Crippen LogP contribution in [0.1, 0.15) is 42.6 Å². The number of rotatable bonds is 4. The van der Waals surface area contributed by atoms with E-state index in [-0.39, 0.29) is 6.04 Å². The fraction of sp³-hybridized carbons (Fsp3) is 0.370. The molecular weight excluding hydrogens is 519 g/mol. The Balaban J connectivity index is 0.000000426. The number of likely N-dealkylation sites (N-methyl/N-ethyl adjacent to an activating group) is 1. The molecule has 7 nitrogen and oxygen atoms in total. The van der Waals surface area contributed by atoms with E-state index in [9.17, 15) is 13.2 Å². The number of aromatic nitrogens is 3. The summed E-state index contributed by atoms with van der Waals surface area (Å²) in [5.74, 6) is -2.76. The zero-order valence-corrected chi connectivity index (χ0v) is 21.9. The van der Waals surface area contributed by atoms with E-state index in [4.69, 9.17) is 21.5 Å². The van der Waals surface area contributed by atoms with Crippen LogP contribution in [-0.4, -0.2) is 56.8 Å². The Morgan fingerprint density at radius 3 is 2.61 bits per heavy atom. The summed E-state index contributed by atoms with van der Waals surface area (Å²) < 4.78 is 33.8. The molecule has 0 amide bonds. The molecule has 3 heterocycles. The molecule has 11 heteroatoms. The Morgan fingerprint density at radius 1 is 1.21 bits per heavy atom. The van der Waals surface area contributed by atoms with Crippen molar-refractivity contribution >= 4 is 28.8 Å². The number of benzene rings is 2. The highest BCUT2D eigenvalue weighted by molar-refractivity contribution is 6.30. The van der Waals surface area contributed by atoms with Crippen LogP contribution in [0.15, 0.2) is 48.5 Å². The van der Waals surface area contributed by atoms with Gasteiger partial charge < -0.3 is 10.4 Å². The van der Waals surface area contributed by atoms with Crippen LogP contribution in [0.3, 0.4) is 0 Å². The number of aryl methyl sites for hydroxylation is 2. The predicted molar refractivity (Wildman–Crippen MR) is 141 cm³/mol. The van der Waals surface area contributed by atoms with Gasteiger partial charge in [0.25, 0.3) is 0 Å². The lowest BCUT2D eigenvalue weighted by atomic mass is 9.90. The van der Waals surface area contributed by atoms with Gasteiger partial charge in [-0.3, -0.25) is 4.90 Å². The smallest absolute Gasteiger partial charge is 0.475 e. The van der Waals surface area contributed by atoms with Crippen molar-refractivity contribution in [2.45, 2.75) is 45.5 Å². The lowest BCUT2D eigenvalue weighted by Gasteiger charge is -2.26. The molecule has 202 valence electrons. The molecule has 0 spiro atoms. The zero-order valence-electron chi connectivity index (χ0n) is 21.1. The van der Waals surface area contributed by atoms with Crippen molar-refractivity contribution in [1.29, 1.82) is 0 Å². The third-order valence-corrected chi connectivity index (χ3v) is 6.97. The molecule has 2 aliphatic rings. The number of aliphatic carboxylic acids is 1. The van der Waals surface area contributed by atoms with E-state index in [1.807, 2.05) is 29.8 Å². The second kappa shape index (κ2) is 11.6. The SMILES string of the molecule is CCN1CC=C(c2ccc3c(c2)C(Nc2cccc(Cl)c2)CCn2nnc(C)c2-3)CC1.O=C(O)C(F)(F)F. The summed E-state index contributed by atoms with van der Waals surface area (Å²) in [6, 6.07) is 15.1. The van der Waals surface area contributed by atoms with Gasteiger partial charge in [0.15, 0.2) is 0 Å². The zero-order chi connectivity index (χ0) is 27.4. The third kappa shape index (κ3) is 6.36. The average Bonchev–Trinajstić information content (AvgIpc) is 3.18. The predicted octanol–water partition coefficient (Wildman–Crippen LogP) is 6.21. The maximum atomic E-state index is 10.6. The molecule has 0 fully saturated rings. The molecule has 1 atom stereocenters. The Bertz CT molecular complexity index is 1340. The van der Waals surface area contributed by atoms with Crippen LogP contribution in [0, 0.1) is 6.92 Å². The van der Waals surface area contributed by atoms with Crippen LogP contribution in [-0.2, 0) is 11.3 Å². The van der Waals surface area contributed by atoms with Crippen molar-refractivity contribution < 1.29 is 23.1 Å². The quantitative estimate of drug-likeness (QED) is 0.404. The van der Waals surface area contributed by atoms with Crippen molar-refractivity contribution in [3.63, 3.8) is 0 Å². The number of hydrogen-bond acceptors (Lipinski definition) is 5. The molecule has 3 aromatic rings. The Kier molecular flexibility index (Phi) is 8.42. The maximum absolute atomic E-state index is 10.6. The lowest BCUT2D eigenvalue weighted by Crippen LogP contribution is -2.28. The number of carbonyl (C=O) groups is 1. The summed E-state index contributed by atoms with van der Waals surface area (Å²) in [5.41, 5.74) is 8.45. The van der Waals surface area contributed by atoms with Gasteiger partial charge in [-0.2, -0.15) is 13.2 Å². The standard InChI is InChI=1S/C25H28ClN5.C2HF3O2/c1-3-30-12-9-18(10-13-30)19-7-8-22-23(15-19)24(27-21-6-4-5-20(26)16-21)11-14-31-25(22)17(2)28-29-31;3-2(4,5)1(6)7/h4-9,15-16,24,27H,3,10-14H2,1-2H3;(H,6,7). The Hall–Kier alpha value is -3.37. The first-order chi connectivity index (χ1) is 18.1. The number of nitrogens with zero attached hydrogens (tertiary/aromatic N) is 4. The molecule has 5 rings (SSSR count). The number of nitrogens with one attached hydrogen (secondary N) is 1. The van der Waals surface area contributed by atoms with Gasteiger partial charge >= 0.3 is 12.1 Å². The van der Waals surface area contributed by atoms with Gasteiger partial charge in [0.2, 0.25) is 0 Å². The first-order valence-electron chi connectivity index (χ1n) is 12.3. The molecule has 0 saturated heterocycles. The molecule has 2 aliphatic heterocycles. The minimum Gasteiger partial charge on any atom is -0.475 e. The highest BCUT2D eigenvalue weighted by atomic mass is 35.5. The van der Waals surface area contributed by atoms with E-state index in [2.05, 4.69) is 57.8 Å². The summed E-state index contributed by atoms with van der Waals surface area (Å²) in [5, 5.41) is 20.4. The number of alkyl halides is 3. The van der Waals surface area contributed by atoms with Crippen molar-refractivity contribution in [1.82, 2.24) is 19.9 Å². The summed E-state index contributed by atoms with van der Waals surface area (Å²) in [6.45, 7) is 8.36. The topological polar surface area (TPSA) is 83.3 Å². The highest BCUT2D eigenvalue weighted by Gasteiger charge is 2.38. The average molecular weight is 548 g/mol. The van der Waals surface area contributed by atoms with Crippen molar-refractivity contribution in [3.05, 3.63) is 70.4 Å². The minimum absolute atomic E-state index is 0.172. The van der Waals surface area contributed by atoms with Crippen molar-refractivity contribution in [2.75, 3.05) is 25.0 Å². The van der Waals surface area contributed by atoms with Crippen molar-refractivity contribution in [2.24, 2.45) is 0 Å². The molecule has 0 bridgehead atoms. The molecular formula is C27H29ClF3N5O2. The molecule has 1 unspecified atom stereocenters. The van der Waals surface area contributed by atoms with Gasteiger partial charge in [0, 0.05) is 35.9 Å². The van der Waals surface area contributed by atoms with Crippen LogP contribution >= 0.6 is 11.6 Å². The first kappa shape index (κ1) is 27.7. The largest absolute Gasteiger partial charge is 0.490 e. The highest BCUT2D eigenvalue weighted by Crippen LogP contribution is 2.39. The summed E-state index contributed by atoms with van der Waals surface area (Å²) in [6.07, 6.45) is -0.666. The number of halogens is 4.